The molecular formula is C18H18F3NO5S. The maximum absolute atomic E-state index is 13.4. The Morgan fingerprint density at radius 2 is 1.61 bits per heavy atom. The first-order chi connectivity index (χ1) is 13.0. The average molecular weight is 417 g/mol. The molecule has 0 saturated carbocycles. The molecule has 1 N–H and O–H groups in total. The molecule has 2 aromatic carbocycles. The van der Waals surface area contributed by atoms with E-state index in [2.05, 4.69) is 4.74 Å². The summed E-state index contributed by atoms with van der Waals surface area (Å²) in [6, 6.07) is 11.2. The monoisotopic (exact) mass is 417 g/mol. The van der Waals surface area contributed by atoms with Gasteiger partial charge in [-0.3, -0.25) is 4.31 Å². The standard InChI is InChI=1S/C18H18F3NO5S/c1-3-27-16(23)17(24,18(19,20)21)13-9-11-14(12-10-13)22(2)28(25,26)15-7-5-4-6-8-15/h4-12,24H,3H2,1-2H3. The summed E-state index contributed by atoms with van der Waals surface area (Å²) in [6.07, 6.45) is -5.33. The normalized spacial score (nSPS) is 14.2. The number of hydrogen-bond donors (Lipinski definition) is 1. The van der Waals surface area contributed by atoms with E-state index in [4.69, 9.17) is 0 Å². The minimum Gasteiger partial charge on any atom is -0.463 e. The van der Waals surface area contributed by atoms with Gasteiger partial charge in [0.1, 0.15) is 0 Å². The second-order valence-corrected chi connectivity index (χ2v) is 7.73. The van der Waals surface area contributed by atoms with Crippen LogP contribution < -0.4 is 4.31 Å². The molecule has 2 rings (SSSR count). The van der Waals surface area contributed by atoms with Gasteiger partial charge in [0.05, 0.1) is 17.2 Å². The molecule has 0 heterocycles. The van der Waals surface area contributed by atoms with Crippen LogP contribution in [0.1, 0.15) is 12.5 Å². The van der Waals surface area contributed by atoms with Gasteiger partial charge in [0.25, 0.3) is 15.6 Å². The number of alkyl halides is 3. The average Bonchev–Trinajstić information content (AvgIpc) is 2.66. The lowest BCUT2D eigenvalue weighted by Crippen LogP contribution is -2.50. The Hall–Kier alpha value is -2.59. The van der Waals surface area contributed by atoms with E-state index in [1.54, 1.807) is 6.07 Å². The van der Waals surface area contributed by atoms with Crippen LogP contribution in [0.15, 0.2) is 59.5 Å². The SMILES string of the molecule is CCOC(=O)C(O)(c1ccc(N(C)S(=O)(=O)c2ccccc2)cc1)C(F)(F)F. The predicted octanol–water partition coefficient (Wildman–Crippen LogP) is 2.82. The maximum atomic E-state index is 13.4. The van der Waals surface area contributed by atoms with Crippen LogP contribution in [0.5, 0.6) is 0 Å². The van der Waals surface area contributed by atoms with E-state index in [1.807, 2.05) is 0 Å². The number of halogens is 3. The number of nitrogens with zero attached hydrogens (tertiary/aromatic N) is 1. The Labute approximate surface area is 160 Å². The van der Waals surface area contributed by atoms with Gasteiger partial charge >= 0.3 is 12.1 Å². The van der Waals surface area contributed by atoms with Crippen LogP contribution in [0.2, 0.25) is 0 Å². The van der Waals surface area contributed by atoms with Gasteiger partial charge in [-0.25, -0.2) is 13.2 Å². The number of benzene rings is 2. The van der Waals surface area contributed by atoms with E-state index in [0.29, 0.717) is 0 Å². The van der Waals surface area contributed by atoms with Gasteiger partial charge in [0.15, 0.2) is 0 Å². The highest BCUT2D eigenvalue weighted by Gasteiger charge is 2.62. The van der Waals surface area contributed by atoms with Gasteiger partial charge in [0, 0.05) is 12.6 Å². The van der Waals surface area contributed by atoms with Crippen LogP contribution in [-0.4, -0.2) is 39.3 Å². The molecule has 10 heteroatoms. The molecule has 6 nitrogen and oxygen atoms in total. The topological polar surface area (TPSA) is 83.9 Å². The first-order valence-corrected chi connectivity index (χ1v) is 9.51. The Kier molecular flexibility index (Phi) is 6.05. The van der Waals surface area contributed by atoms with E-state index in [1.165, 1.54) is 38.2 Å². The van der Waals surface area contributed by atoms with E-state index >= 15 is 0 Å². The quantitative estimate of drug-likeness (QED) is 0.731. The maximum Gasteiger partial charge on any atom is 0.432 e. The van der Waals surface area contributed by atoms with Crippen molar-refractivity contribution in [2.75, 3.05) is 18.0 Å². The molecule has 28 heavy (non-hydrogen) atoms. The van der Waals surface area contributed by atoms with Gasteiger partial charge in [0.2, 0.25) is 0 Å². The molecule has 0 fully saturated rings. The summed E-state index contributed by atoms with van der Waals surface area (Å²) in [7, 11) is -2.70. The van der Waals surface area contributed by atoms with Crippen molar-refractivity contribution in [3.63, 3.8) is 0 Å². The van der Waals surface area contributed by atoms with Gasteiger partial charge < -0.3 is 9.84 Å². The van der Waals surface area contributed by atoms with E-state index in [9.17, 15) is 31.5 Å². The molecular weight excluding hydrogens is 399 g/mol. The number of carbonyl (C=O) groups excluding carboxylic acids is 1. The third-order valence-corrected chi connectivity index (χ3v) is 5.83. The fraction of sp³-hybridized carbons (Fsp3) is 0.278. The number of rotatable bonds is 6. The summed E-state index contributed by atoms with van der Waals surface area (Å²) < 4.78 is 70.5. The highest BCUT2D eigenvalue weighted by atomic mass is 32.2. The third-order valence-electron chi connectivity index (χ3n) is 4.03. The molecule has 0 aliphatic rings. The van der Waals surface area contributed by atoms with Crippen molar-refractivity contribution in [1.29, 1.82) is 0 Å². The lowest BCUT2D eigenvalue weighted by atomic mass is 9.93. The summed E-state index contributed by atoms with van der Waals surface area (Å²) in [5, 5.41) is 10.1. The molecule has 0 bridgehead atoms. The van der Waals surface area contributed by atoms with E-state index < -0.39 is 33.3 Å². The largest absolute Gasteiger partial charge is 0.463 e. The molecule has 0 aliphatic carbocycles. The number of aliphatic hydroxyl groups is 1. The Balaban J connectivity index is 2.42. The molecule has 152 valence electrons. The first-order valence-electron chi connectivity index (χ1n) is 8.07. The van der Waals surface area contributed by atoms with Crippen molar-refractivity contribution in [2.45, 2.75) is 23.6 Å². The highest BCUT2D eigenvalue weighted by Crippen LogP contribution is 2.40. The molecule has 0 radical (unpaired) electrons. The Bertz CT molecular complexity index is 930. The second kappa shape index (κ2) is 7.80. The summed E-state index contributed by atoms with van der Waals surface area (Å²) in [5.74, 6) is -1.86. The molecule has 0 saturated heterocycles. The van der Waals surface area contributed by atoms with Crippen molar-refractivity contribution in [3.05, 3.63) is 60.2 Å². The zero-order valence-corrected chi connectivity index (χ0v) is 15.8. The Morgan fingerprint density at radius 3 is 2.07 bits per heavy atom. The Morgan fingerprint density at radius 1 is 1.07 bits per heavy atom. The number of anilines is 1. The fourth-order valence-electron chi connectivity index (χ4n) is 2.43. The van der Waals surface area contributed by atoms with Crippen molar-refractivity contribution >= 4 is 21.7 Å². The molecule has 2 aromatic rings. The predicted molar refractivity (Wildman–Crippen MR) is 95.1 cm³/mol. The van der Waals surface area contributed by atoms with Gasteiger partial charge in [-0.05, 0) is 31.2 Å². The molecule has 0 aliphatic heterocycles. The number of hydrogen-bond acceptors (Lipinski definition) is 5. The molecule has 0 amide bonds. The van der Waals surface area contributed by atoms with Crippen LogP contribution in [0.25, 0.3) is 0 Å². The number of esters is 1. The van der Waals surface area contributed by atoms with Crippen LogP contribution in [0.3, 0.4) is 0 Å². The summed E-state index contributed by atoms with van der Waals surface area (Å²) in [5.41, 5.74) is -4.60. The van der Waals surface area contributed by atoms with E-state index in [0.717, 1.165) is 28.6 Å². The smallest absolute Gasteiger partial charge is 0.432 e. The molecule has 0 aromatic heterocycles. The van der Waals surface area contributed by atoms with Crippen molar-refractivity contribution in [2.24, 2.45) is 0 Å². The highest BCUT2D eigenvalue weighted by molar-refractivity contribution is 7.92. The van der Waals surface area contributed by atoms with Gasteiger partial charge in [-0.15, -0.1) is 0 Å². The number of carbonyl (C=O) groups is 1. The van der Waals surface area contributed by atoms with Crippen LogP contribution >= 0.6 is 0 Å². The van der Waals surface area contributed by atoms with Crippen LogP contribution in [0.4, 0.5) is 18.9 Å². The minimum absolute atomic E-state index is 0.0000957. The van der Waals surface area contributed by atoms with Crippen LogP contribution in [-0.2, 0) is 25.2 Å². The van der Waals surface area contributed by atoms with E-state index in [-0.39, 0.29) is 17.2 Å². The van der Waals surface area contributed by atoms with Crippen molar-refractivity contribution in [1.82, 2.24) is 0 Å². The molecule has 1 atom stereocenters. The zero-order chi connectivity index (χ0) is 21.2. The number of ether oxygens (including phenoxy) is 1. The lowest BCUT2D eigenvalue weighted by Gasteiger charge is -2.29. The van der Waals surface area contributed by atoms with Crippen molar-refractivity contribution in [3.8, 4) is 0 Å². The van der Waals surface area contributed by atoms with Crippen LogP contribution in [0, 0.1) is 0 Å². The fourth-order valence-corrected chi connectivity index (χ4v) is 3.65. The summed E-state index contributed by atoms with van der Waals surface area (Å²) >= 11 is 0. The summed E-state index contributed by atoms with van der Waals surface area (Å²) in [6.45, 7) is 0.953. The molecule has 1 unspecified atom stereocenters. The van der Waals surface area contributed by atoms with Gasteiger partial charge in [-0.2, -0.15) is 13.2 Å². The second-order valence-electron chi connectivity index (χ2n) is 5.76. The lowest BCUT2D eigenvalue weighted by molar-refractivity contribution is -0.267. The van der Waals surface area contributed by atoms with Gasteiger partial charge in [-0.1, -0.05) is 30.3 Å². The minimum atomic E-state index is -5.33. The van der Waals surface area contributed by atoms with Crippen molar-refractivity contribution < 1.29 is 36.2 Å². The summed E-state index contributed by atoms with van der Waals surface area (Å²) in [4.78, 5) is 11.8. The first kappa shape index (κ1) is 21.7. The third kappa shape index (κ3) is 3.83. The zero-order valence-electron chi connectivity index (χ0n) is 15.0. The number of sulfonamides is 1. The molecule has 0 spiro atoms.